The van der Waals surface area contributed by atoms with E-state index in [0.29, 0.717) is 12.5 Å². The zero-order valence-electron chi connectivity index (χ0n) is 10.8. The molecule has 3 nitrogen and oxygen atoms in total. The van der Waals surface area contributed by atoms with Gasteiger partial charge in [-0.05, 0) is 43.7 Å². The van der Waals surface area contributed by atoms with Gasteiger partial charge in [0, 0.05) is 6.54 Å². The number of carbonyl (C=O) groups is 1. The summed E-state index contributed by atoms with van der Waals surface area (Å²) in [6, 6.07) is 1.60. The van der Waals surface area contributed by atoms with Crippen LogP contribution in [0.5, 0.6) is 0 Å². The molecule has 2 N–H and O–H groups in total. The number of aliphatic hydroxyl groups excluding tert-OH is 1. The van der Waals surface area contributed by atoms with E-state index in [0.717, 1.165) is 37.8 Å². The van der Waals surface area contributed by atoms with Crippen molar-refractivity contribution >= 4 is 17.5 Å². The zero-order valence-corrected chi connectivity index (χ0v) is 11.6. The lowest BCUT2D eigenvalue weighted by atomic mass is 9.87. The lowest BCUT2D eigenvalue weighted by Gasteiger charge is -2.25. The van der Waals surface area contributed by atoms with Crippen LogP contribution in [0.15, 0.2) is 12.1 Å². The molecular formula is C14H16ClF2NO2. The van der Waals surface area contributed by atoms with Crippen molar-refractivity contribution in [2.45, 2.75) is 31.8 Å². The Morgan fingerprint density at radius 3 is 2.50 bits per heavy atom. The maximum absolute atomic E-state index is 13.1. The molecule has 0 atom stereocenters. The molecule has 1 aliphatic rings. The summed E-state index contributed by atoms with van der Waals surface area (Å²) < 4.78 is 26.0. The molecule has 2 rings (SSSR count). The topological polar surface area (TPSA) is 49.3 Å². The number of hydrogen-bond donors (Lipinski definition) is 2. The zero-order chi connectivity index (χ0) is 14.7. The van der Waals surface area contributed by atoms with E-state index in [9.17, 15) is 18.7 Å². The Balaban J connectivity index is 1.93. The predicted octanol–water partition coefficient (Wildman–Crippen LogP) is 2.90. The monoisotopic (exact) mass is 303 g/mol. The van der Waals surface area contributed by atoms with Crippen molar-refractivity contribution in [3.63, 3.8) is 0 Å². The Morgan fingerprint density at radius 2 is 1.85 bits per heavy atom. The van der Waals surface area contributed by atoms with Gasteiger partial charge in [-0.25, -0.2) is 8.78 Å². The Hall–Kier alpha value is -1.20. The highest BCUT2D eigenvalue weighted by molar-refractivity contribution is 6.33. The summed E-state index contributed by atoms with van der Waals surface area (Å²) in [4.78, 5) is 11.9. The van der Waals surface area contributed by atoms with Gasteiger partial charge in [-0.15, -0.1) is 0 Å². The minimum atomic E-state index is -1.10. The van der Waals surface area contributed by atoms with Gasteiger partial charge < -0.3 is 10.4 Å². The van der Waals surface area contributed by atoms with E-state index in [-0.39, 0.29) is 16.7 Å². The molecule has 0 radical (unpaired) electrons. The molecule has 0 spiro atoms. The summed E-state index contributed by atoms with van der Waals surface area (Å²) in [6.45, 7) is 0.445. The first kappa shape index (κ1) is 15.2. The van der Waals surface area contributed by atoms with Gasteiger partial charge in [0.05, 0.1) is 16.7 Å². The van der Waals surface area contributed by atoms with Crippen molar-refractivity contribution in [3.05, 3.63) is 34.4 Å². The molecule has 1 aromatic rings. The van der Waals surface area contributed by atoms with Crippen LogP contribution >= 0.6 is 11.6 Å². The molecule has 110 valence electrons. The summed E-state index contributed by atoms with van der Waals surface area (Å²) in [5.41, 5.74) is -0.0681. The molecule has 20 heavy (non-hydrogen) atoms. The van der Waals surface area contributed by atoms with Gasteiger partial charge in [0.15, 0.2) is 11.6 Å². The number of rotatable bonds is 3. The van der Waals surface area contributed by atoms with E-state index in [4.69, 9.17) is 11.6 Å². The maximum atomic E-state index is 13.1. The Bertz CT molecular complexity index is 502. The molecule has 0 aromatic heterocycles. The van der Waals surface area contributed by atoms with Crippen molar-refractivity contribution in [2.24, 2.45) is 5.92 Å². The van der Waals surface area contributed by atoms with Crippen LogP contribution in [0, 0.1) is 17.6 Å². The molecule has 0 heterocycles. The molecule has 1 saturated carbocycles. The smallest absolute Gasteiger partial charge is 0.252 e. The molecule has 0 saturated heterocycles. The highest BCUT2D eigenvalue weighted by Gasteiger charge is 2.21. The molecule has 0 aliphatic heterocycles. The van der Waals surface area contributed by atoms with E-state index >= 15 is 0 Å². The van der Waals surface area contributed by atoms with Crippen molar-refractivity contribution < 1.29 is 18.7 Å². The van der Waals surface area contributed by atoms with Crippen LogP contribution in [-0.2, 0) is 0 Å². The lowest BCUT2D eigenvalue weighted by molar-refractivity contribution is 0.0910. The first-order valence-electron chi connectivity index (χ1n) is 6.58. The fourth-order valence-electron chi connectivity index (χ4n) is 2.38. The lowest BCUT2D eigenvalue weighted by Crippen LogP contribution is -2.32. The molecule has 0 unspecified atom stereocenters. The number of nitrogens with one attached hydrogen (secondary N) is 1. The van der Waals surface area contributed by atoms with E-state index < -0.39 is 17.5 Å². The standard InChI is InChI=1S/C14H16ClF2NO2/c15-11-6-13(17)12(16)5-10(11)14(20)18-7-8-1-3-9(19)4-2-8/h5-6,8-9,19H,1-4,7H2,(H,18,20). The summed E-state index contributed by atoms with van der Waals surface area (Å²) in [5, 5.41) is 12.0. The minimum absolute atomic E-state index is 0.0681. The van der Waals surface area contributed by atoms with Gasteiger partial charge in [0.25, 0.3) is 5.91 Å². The van der Waals surface area contributed by atoms with E-state index in [1.54, 1.807) is 0 Å². The van der Waals surface area contributed by atoms with Crippen LogP contribution < -0.4 is 5.32 Å². The highest BCUT2D eigenvalue weighted by Crippen LogP contribution is 2.24. The molecule has 0 bridgehead atoms. The number of amides is 1. The average molecular weight is 304 g/mol. The fraction of sp³-hybridized carbons (Fsp3) is 0.500. The summed E-state index contributed by atoms with van der Waals surface area (Å²) in [7, 11) is 0. The van der Waals surface area contributed by atoms with Crippen LogP contribution in [-0.4, -0.2) is 23.7 Å². The Morgan fingerprint density at radius 1 is 1.25 bits per heavy atom. The second-order valence-corrected chi connectivity index (χ2v) is 5.54. The average Bonchev–Trinajstić information content (AvgIpc) is 2.42. The molecule has 1 fully saturated rings. The van der Waals surface area contributed by atoms with Gasteiger partial charge >= 0.3 is 0 Å². The number of halogens is 3. The maximum Gasteiger partial charge on any atom is 0.252 e. The molecule has 1 aromatic carbocycles. The Labute approximate surface area is 120 Å². The van der Waals surface area contributed by atoms with E-state index in [1.165, 1.54) is 0 Å². The highest BCUT2D eigenvalue weighted by atomic mass is 35.5. The van der Waals surface area contributed by atoms with Crippen LogP contribution in [0.4, 0.5) is 8.78 Å². The number of aliphatic hydroxyl groups is 1. The summed E-state index contributed by atoms with van der Waals surface area (Å²) in [5.74, 6) is -2.39. The second kappa shape index (κ2) is 6.50. The molecule has 1 aliphatic carbocycles. The summed E-state index contributed by atoms with van der Waals surface area (Å²) in [6.07, 6.45) is 2.89. The van der Waals surface area contributed by atoms with Crippen LogP contribution in [0.1, 0.15) is 36.0 Å². The van der Waals surface area contributed by atoms with E-state index in [1.807, 2.05) is 0 Å². The van der Waals surface area contributed by atoms with Gasteiger partial charge in [-0.3, -0.25) is 4.79 Å². The Kier molecular flexibility index (Phi) is 4.94. The van der Waals surface area contributed by atoms with Gasteiger partial charge in [-0.1, -0.05) is 11.6 Å². The van der Waals surface area contributed by atoms with Crippen LogP contribution in [0.3, 0.4) is 0 Å². The summed E-state index contributed by atoms with van der Waals surface area (Å²) >= 11 is 5.74. The van der Waals surface area contributed by atoms with Crippen LogP contribution in [0.2, 0.25) is 5.02 Å². The first-order chi connectivity index (χ1) is 9.47. The van der Waals surface area contributed by atoms with Crippen molar-refractivity contribution in [1.29, 1.82) is 0 Å². The molecule has 6 heteroatoms. The SMILES string of the molecule is O=C(NCC1CCC(O)CC1)c1cc(F)c(F)cc1Cl. The third-order valence-corrected chi connectivity index (χ3v) is 3.93. The third kappa shape index (κ3) is 3.67. The van der Waals surface area contributed by atoms with Crippen molar-refractivity contribution in [3.8, 4) is 0 Å². The van der Waals surface area contributed by atoms with Gasteiger partial charge in [0.2, 0.25) is 0 Å². The second-order valence-electron chi connectivity index (χ2n) is 5.13. The number of carbonyl (C=O) groups excluding carboxylic acids is 1. The molecular weight excluding hydrogens is 288 g/mol. The first-order valence-corrected chi connectivity index (χ1v) is 6.96. The van der Waals surface area contributed by atoms with Crippen LogP contribution in [0.25, 0.3) is 0 Å². The van der Waals surface area contributed by atoms with E-state index in [2.05, 4.69) is 5.32 Å². The number of hydrogen-bond acceptors (Lipinski definition) is 2. The third-order valence-electron chi connectivity index (χ3n) is 3.62. The normalized spacial score (nSPS) is 22.6. The van der Waals surface area contributed by atoms with Gasteiger partial charge in [0.1, 0.15) is 0 Å². The number of benzene rings is 1. The largest absolute Gasteiger partial charge is 0.393 e. The van der Waals surface area contributed by atoms with Crippen molar-refractivity contribution in [1.82, 2.24) is 5.32 Å². The quantitative estimate of drug-likeness (QED) is 0.844. The molecule has 1 amide bonds. The predicted molar refractivity (Wildman–Crippen MR) is 71.7 cm³/mol. The van der Waals surface area contributed by atoms with Gasteiger partial charge in [-0.2, -0.15) is 0 Å². The fourth-order valence-corrected chi connectivity index (χ4v) is 2.61. The van der Waals surface area contributed by atoms with Crippen molar-refractivity contribution in [2.75, 3.05) is 6.54 Å². The minimum Gasteiger partial charge on any atom is -0.393 e.